The quantitative estimate of drug-likeness (QED) is 0.167. The summed E-state index contributed by atoms with van der Waals surface area (Å²) < 4.78 is 5.01. The molecule has 3 aromatic heterocycles. The van der Waals surface area contributed by atoms with Crippen molar-refractivity contribution in [3.63, 3.8) is 0 Å². The summed E-state index contributed by atoms with van der Waals surface area (Å²) in [6.45, 7) is 0. The van der Waals surface area contributed by atoms with Crippen LogP contribution < -0.4 is 0 Å². The molecular formula is C68H42N4. The number of hydrogen-bond donors (Lipinski definition) is 0. The maximum absolute atomic E-state index is 5.58. The lowest BCUT2D eigenvalue weighted by atomic mass is 9.94. The Balaban J connectivity index is 0.983. The highest BCUT2D eigenvalue weighted by atomic mass is 15.0. The van der Waals surface area contributed by atoms with Crippen molar-refractivity contribution in [2.24, 2.45) is 0 Å². The summed E-state index contributed by atoms with van der Waals surface area (Å²) in [7, 11) is 0. The van der Waals surface area contributed by atoms with Gasteiger partial charge in [-0.25, -0.2) is 9.97 Å². The molecule has 0 saturated carbocycles. The Hall–Kier alpha value is -9.64. The molecule has 12 aromatic carbocycles. The van der Waals surface area contributed by atoms with E-state index in [-0.39, 0.29) is 0 Å². The van der Waals surface area contributed by atoms with Crippen LogP contribution in [-0.4, -0.2) is 19.1 Å². The molecule has 4 heteroatoms. The number of benzene rings is 12. The SMILES string of the molecule is c1ccc(-c2cc(-c3ccccc3)cc(-c3nc(-c4cccc5c(-n6c7cc8ccccc8cc7c7c(-n8c9ccccc9c9ccc%10ccccc%10c98)cccc76)cccc45)nc4ccccc34)c2)cc1. The first kappa shape index (κ1) is 40.3. The number of rotatable bonds is 6. The van der Waals surface area contributed by atoms with E-state index in [1.54, 1.807) is 0 Å². The largest absolute Gasteiger partial charge is 0.309 e. The predicted octanol–water partition coefficient (Wildman–Crippen LogP) is 18.0. The molecule has 0 amide bonds. The normalized spacial score (nSPS) is 11.9. The second-order valence-electron chi connectivity index (χ2n) is 18.9. The van der Waals surface area contributed by atoms with Gasteiger partial charge in [0, 0.05) is 48.8 Å². The first-order valence-electron chi connectivity index (χ1n) is 24.6. The summed E-state index contributed by atoms with van der Waals surface area (Å²) in [6.07, 6.45) is 0. The molecule has 334 valence electrons. The Bertz CT molecular complexity index is 4620. The van der Waals surface area contributed by atoms with Crippen molar-refractivity contribution >= 4 is 86.8 Å². The first-order valence-corrected chi connectivity index (χ1v) is 24.6. The third kappa shape index (κ3) is 6.19. The van der Waals surface area contributed by atoms with Crippen LogP contribution in [-0.2, 0) is 0 Å². The zero-order chi connectivity index (χ0) is 47.3. The third-order valence-corrected chi connectivity index (χ3v) is 14.8. The van der Waals surface area contributed by atoms with Crippen LogP contribution in [0.25, 0.3) is 143 Å². The highest BCUT2D eigenvalue weighted by molar-refractivity contribution is 6.22. The third-order valence-electron chi connectivity index (χ3n) is 14.8. The van der Waals surface area contributed by atoms with Gasteiger partial charge in [-0.3, -0.25) is 0 Å². The Kier molecular flexibility index (Phi) is 8.92. The standard InChI is InChI=1S/C68H42N4/c1-3-18-43(19-4-1)48-38-49(44-20-5-2-6-21-44)40-50(39-48)66-57-27-11-13-31-59(57)69-68(70-66)56-30-15-29-53-52(56)28-16-33-60(53)71-62-34-17-35-63(65(62)58-41-46-23-7-8-24-47(46)42-64(58)71)72-61-32-14-12-26-54(61)55-37-36-45-22-9-10-25-51(45)67(55)72/h1-42H. The van der Waals surface area contributed by atoms with E-state index in [1.165, 1.54) is 54.1 Å². The molecule has 3 heterocycles. The van der Waals surface area contributed by atoms with Gasteiger partial charge in [0.2, 0.25) is 0 Å². The summed E-state index contributed by atoms with van der Waals surface area (Å²) >= 11 is 0. The molecule has 4 nitrogen and oxygen atoms in total. The van der Waals surface area contributed by atoms with Crippen molar-refractivity contribution in [2.75, 3.05) is 0 Å². The molecule has 0 N–H and O–H groups in total. The fourth-order valence-electron chi connectivity index (χ4n) is 11.6. The molecule has 72 heavy (non-hydrogen) atoms. The van der Waals surface area contributed by atoms with Crippen LogP contribution in [0, 0.1) is 0 Å². The van der Waals surface area contributed by atoms with E-state index >= 15 is 0 Å². The van der Waals surface area contributed by atoms with Crippen LogP contribution >= 0.6 is 0 Å². The molecule has 0 saturated heterocycles. The Morgan fingerprint density at radius 2 is 0.861 bits per heavy atom. The van der Waals surface area contributed by atoms with Gasteiger partial charge in [-0.1, -0.05) is 194 Å². The average Bonchev–Trinajstić information content (AvgIpc) is 3.97. The summed E-state index contributed by atoms with van der Waals surface area (Å²) in [5, 5.41) is 13.0. The lowest BCUT2D eigenvalue weighted by molar-refractivity contribution is 1.18. The van der Waals surface area contributed by atoms with E-state index in [4.69, 9.17) is 9.97 Å². The summed E-state index contributed by atoms with van der Waals surface area (Å²) in [5.74, 6) is 0.687. The van der Waals surface area contributed by atoms with Crippen LogP contribution in [0.4, 0.5) is 0 Å². The van der Waals surface area contributed by atoms with Gasteiger partial charge in [-0.05, 0) is 104 Å². The molecular weight excluding hydrogens is 873 g/mol. The minimum atomic E-state index is 0.687. The lowest BCUT2D eigenvalue weighted by Gasteiger charge is -2.16. The minimum absolute atomic E-state index is 0.687. The number of para-hydroxylation sites is 2. The van der Waals surface area contributed by atoms with E-state index in [0.717, 1.165) is 83.2 Å². The Morgan fingerprint density at radius 1 is 0.278 bits per heavy atom. The maximum atomic E-state index is 5.58. The summed E-state index contributed by atoms with van der Waals surface area (Å²) in [6, 6.07) is 92.4. The van der Waals surface area contributed by atoms with Gasteiger partial charge in [-0.15, -0.1) is 0 Å². The molecule has 0 aliphatic carbocycles. The monoisotopic (exact) mass is 914 g/mol. The van der Waals surface area contributed by atoms with Crippen molar-refractivity contribution in [1.29, 1.82) is 0 Å². The average molecular weight is 915 g/mol. The van der Waals surface area contributed by atoms with Crippen LogP contribution in [0.15, 0.2) is 255 Å². The molecule has 0 fully saturated rings. The van der Waals surface area contributed by atoms with Crippen LogP contribution in [0.1, 0.15) is 0 Å². The summed E-state index contributed by atoms with van der Waals surface area (Å²) in [5.41, 5.74) is 15.4. The molecule has 0 spiro atoms. The number of hydrogen-bond acceptors (Lipinski definition) is 2. The van der Waals surface area contributed by atoms with Crippen molar-refractivity contribution in [1.82, 2.24) is 19.1 Å². The van der Waals surface area contributed by atoms with E-state index in [9.17, 15) is 0 Å². The Labute approximate surface area is 415 Å². The molecule has 0 unspecified atom stereocenters. The highest BCUT2D eigenvalue weighted by Crippen LogP contribution is 2.45. The summed E-state index contributed by atoms with van der Waals surface area (Å²) in [4.78, 5) is 10.9. The van der Waals surface area contributed by atoms with Gasteiger partial charge in [0.05, 0.1) is 44.7 Å². The predicted molar refractivity (Wildman–Crippen MR) is 302 cm³/mol. The fraction of sp³-hybridized carbons (Fsp3) is 0. The number of fused-ring (bicyclic) bond motifs is 11. The topological polar surface area (TPSA) is 35.6 Å². The minimum Gasteiger partial charge on any atom is -0.309 e. The smallest absolute Gasteiger partial charge is 0.161 e. The molecule has 15 aromatic rings. The van der Waals surface area contributed by atoms with Gasteiger partial charge in [0.25, 0.3) is 0 Å². The van der Waals surface area contributed by atoms with Gasteiger partial charge in [-0.2, -0.15) is 0 Å². The molecule has 0 atom stereocenters. The second kappa shape index (κ2) is 16.0. The zero-order valence-electron chi connectivity index (χ0n) is 39.0. The van der Waals surface area contributed by atoms with Crippen LogP contribution in [0.2, 0.25) is 0 Å². The van der Waals surface area contributed by atoms with E-state index in [1.807, 2.05) is 0 Å². The molecule has 0 aliphatic heterocycles. The Morgan fingerprint density at radius 3 is 1.65 bits per heavy atom. The van der Waals surface area contributed by atoms with E-state index in [0.29, 0.717) is 5.82 Å². The molecule has 15 rings (SSSR count). The number of aromatic nitrogens is 4. The van der Waals surface area contributed by atoms with Crippen molar-refractivity contribution in [2.45, 2.75) is 0 Å². The first-order chi connectivity index (χ1) is 35.7. The molecule has 0 bridgehead atoms. The van der Waals surface area contributed by atoms with Crippen molar-refractivity contribution < 1.29 is 0 Å². The van der Waals surface area contributed by atoms with Gasteiger partial charge < -0.3 is 9.13 Å². The maximum Gasteiger partial charge on any atom is 0.161 e. The van der Waals surface area contributed by atoms with E-state index in [2.05, 4.69) is 264 Å². The fourth-order valence-corrected chi connectivity index (χ4v) is 11.6. The molecule has 0 aliphatic rings. The second-order valence-corrected chi connectivity index (χ2v) is 18.9. The van der Waals surface area contributed by atoms with E-state index < -0.39 is 0 Å². The van der Waals surface area contributed by atoms with Crippen LogP contribution in [0.3, 0.4) is 0 Å². The van der Waals surface area contributed by atoms with Crippen molar-refractivity contribution in [3.8, 4) is 56.3 Å². The highest BCUT2D eigenvalue weighted by Gasteiger charge is 2.23. The van der Waals surface area contributed by atoms with Gasteiger partial charge >= 0.3 is 0 Å². The molecule has 0 radical (unpaired) electrons. The zero-order valence-corrected chi connectivity index (χ0v) is 39.0. The number of nitrogens with zero attached hydrogens (tertiary/aromatic N) is 4. The lowest BCUT2D eigenvalue weighted by Crippen LogP contribution is -1.99. The van der Waals surface area contributed by atoms with Crippen LogP contribution in [0.5, 0.6) is 0 Å². The van der Waals surface area contributed by atoms with Gasteiger partial charge in [0.15, 0.2) is 5.82 Å². The van der Waals surface area contributed by atoms with Gasteiger partial charge in [0.1, 0.15) is 0 Å². The van der Waals surface area contributed by atoms with Crippen molar-refractivity contribution in [3.05, 3.63) is 255 Å².